The number of thiophene rings is 1. The molecule has 1 aromatic rings. The van der Waals surface area contributed by atoms with Gasteiger partial charge in [-0.3, -0.25) is 29.9 Å². The third kappa shape index (κ3) is 2.89. The maximum Gasteiger partial charge on any atom is 0.331 e. The number of imide groups is 2. The zero-order valence-corrected chi connectivity index (χ0v) is 12.9. The molecule has 116 valence electrons. The van der Waals surface area contributed by atoms with E-state index >= 15 is 0 Å². The molecular formula is C13H13N3O5S. The van der Waals surface area contributed by atoms with Crippen molar-refractivity contribution in [3.05, 3.63) is 32.7 Å². The molecule has 2 heterocycles. The summed E-state index contributed by atoms with van der Waals surface area (Å²) >= 11 is 0.837. The number of hydrogen-bond acceptors (Lipinski definition) is 6. The van der Waals surface area contributed by atoms with E-state index in [0.29, 0.717) is 4.88 Å². The van der Waals surface area contributed by atoms with Crippen molar-refractivity contribution >= 4 is 40.3 Å². The summed E-state index contributed by atoms with van der Waals surface area (Å²) in [6, 6.07) is 1.94. The van der Waals surface area contributed by atoms with Crippen LogP contribution >= 0.6 is 11.3 Å². The third-order valence-electron chi connectivity index (χ3n) is 2.85. The van der Waals surface area contributed by atoms with E-state index in [4.69, 9.17) is 0 Å². The van der Waals surface area contributed by atoms with Gasteiger partial charge in [-0.15, -0.1) is 0 Å². The van der Waals surface area contributed by atoms with Crippen LogP contribution < -0.4 is 5.32 Å². The van der Waals surface area contributed by atoms with Crippen LogP contribution in [-0.2, 0) is 9.59 Å². The van der Waals surface area contributed by atoms with Gasteiger partial charge in [-0.25, -0.2) is 4.79 Å². The van der Waals surface area contributed by atoms with Gasteiger partial charge in [-0.05, 0) is 32.9 Å². The fourth-order valence-corrected chi connectivity index (χ4v) is 2.69. The zero-order chi connectivity index (χ0) is 16.7. The van der Waals surface area contributed by atoms with Gasteiger partial charge < -0.3 is 0 Å². The van der Waals surface area contributed by atoms with Crippen molar-refractivity contribution in [2.45, 2.75) is 26.3 Å². The largest absolute Gasteiger partial charge is 0.331 e. The molecular weight excluding hydrogens is 310 g/mol. The van der Waals surface area contributed by atoms with Crippen LogP contribution in [-0.4, -0.2) is 33.2 Å². The average Bonchev–Trinajstić information content (AvgIpc) is 2.81. The summed E-state index contributed by atoms with van der Waals surface area (Å²) in [7, 11) is 0. The first-order chi connectivity index (χ1) is 10.1. The van der Waals surface area contributed by atoms with E-state index in [1.807, 2.05) is 0 Å². The fraction of sp³-hybridized carbons (Fsp3) is 0.308. The second kappa shape index (κ2) is 5.34. The van der Waals surface area contributed by atoms with Crippen LogP contribution in [0.15, 0.2) is 17.7 Å². The van der Waals surface area contributed by atoms with E-state index in [0.717, 1.165) is 16.2 Å². The lowest BCUT2D eigenvalue weighted by molar-refractivity contribution is -0.380. The number of nitrogens with one attached hydrogen (secondary N) is 1. The molecule has 0 unspecified atom stereocenters. The summed E-state index contributed by atoms with van der Waals surface area (Å²) < 4.78 is 0. The minimum absolute atomic E-state index is 0.0979. The van der Waals surface area contributed by atoms with Gasteiger partial charge in [-0.2, -0.15) is 0 Å². The smallest absolute Gasteiger partial charge is 0.273 e. The Bertz CT molecular complexity index is 714. The molecule has 0 saturated carbocycles. The van der Waals surface area contributed by atoms with Crippen molar-refractivity contribution in [1.29, 1.82) is 0 Å². The molecule has 1 saturated heterocycles. The molecule has 0 bridgehead atoms. The molecule has 0 aromatic carbocycles. The molecule has 2 rings (SSSR count). The molecule has 0 radical (unpaired) electrons. The molecule has 0 aliphatic carbocycles. The number of barbiturate groups is 1. The van der Waals surface area contributed by atoms with Gasteiger partial charge in [0.15, 0.2) is 0 Å². The molecule has 1 aromatic heterocycles. The molecule has 8 nitrogen and oxygen atoms in total. The van der Waals surface area contributed by atoms with Crippen LogP contribution in [0.1, 0.15) is 25.6 Å². The maximum atomic E-state index is 12.4. The molecule has 1 fully saturated rings. The third-order valence-corrected chi connectivity index (χ3v) is 3.84. The zero-order valence-electron chi connectivity index (χ0n) is 12.1. The Balaban J connectivity index is 2.41. The Morgan fingerprint density at radius 3 is 2.41 bits per heavy atom. The number of carbonyl (C=O) groups is 3. The van der Waals surface area contributed by atoms with Gasteiger partial charge in [0.1, 0.15) is 5.57 Å². The lowest BCUT2D eigenvalue weighted by atomic mass is 10.0. The van der Waals surface area contributed by atoms with Crippen molar-refractivity contribution in [2.24, 2.45) is 0 Å². The van der Waals surface area contributed by atoms with Crippen molar-refractivity contribution in [1.82, 2.24) is 10.2 Å². The van der Waals surface area contributed by atoms with Crippen LogP contribution in [0, 0.1) is 10.1 Å². The Hall–Kier alpha value is -2.55. The van der Waals surface area contributed by atoms with Crippen LogP contribution in [0.5, 0.6) is 0 Å². The summed E-state index contributed by atoms with van der Waals surface area (Å²) in [5.74, 6) is -1.54. The maximum absolute atomic E-state index is 12.4. The fourth-order valence-electron chi connectivity index (χ4n) is 1.93. The summed E-state index contributed by atoms with van der Waals surface area (Å²) in [4.78, 5) is 47.5. The molecule has 0 atom stereocenters. The minimum atomic E-state index is -0.813. The normalized spacial score (nSPS) is 17.9. The highest BCUT2D eigenvalue weighted by Gasteiger charge is 2.41. The molecule has 1 aliphatic heterocycles. The highest BCUT2D eigenvalue weighted by Crippen LogP contribution is 2.28. The topological polar surface area (TPSA) is 110 Å². The van der Waals surface area contributed by atoms with Gasteiger partial charge in [0, 0.05) is 16.5 Å². The van der Waals surface area contributed by atoms with Crippen LogP contribution in [0.3, 0.4) is 0 Å². The Morgan fingerprint density at radius 1 is 1.27 bits per heavy atom. The molecule has 4 amide bonds. The standard InChI is InChI=1S/C13H13N3O5S/c1-13(2,3)15-11(18)8(10(17)14-12(15)19)6-7-4-5-9(22-7)16(20)21/h4-6H,1-3H3,(H,14,17,19)/b8-6+. The Morgan fingerprint density at radius 2 is 1.91 bits per heavy atom. The van der Waals surface area contributed by atoms with Gasteiger partial charge in [-0.1, -0.05) is 11.3 Å². The lowest BCUT2D eigenvalue weighted by Crippen LogP contribution is -2.60. The van der Waals surface area contributed by atoms with Crippen molar-refractivity contribution < 1.29 is 19.3 Å². The Labute approximate surface area is 129 Å². The first-order valence-corrected chi connectivity index (χ1v) is 7.08. The number of hydrogen-bond donors (Lipinski definition) is 1. The van der Waals surface area contributed by atoms with Crippen LogP contribution in [0.2, 0.25) is 0 Å². The lowest BCUT2D eigenvalue weighted by Gasteiger charge is -2.36. The predicted octanol–water partition coefficient (Wildman–Crippen LogP) is 1.92. The second-order valence-electron chi connectivity index (χ2n) is 5.56. The summed E-state index contributed by atoms with van der Waals surface area (Å²) in [5.41, 5.74) is -1.03. The first kappa shape index (κ1) is 15.8. The minimum Gasteiger partial charge on any atom is -0.273 e. The number of amides is 4. The summed E-state index contributed by atoms with van der Waals surface area (Å²) in [6.45, 7) is 4.98. The monoisotopic (exact) mass is 323 g/mol. The number of nitro groups is 1. The quantitative estimate of drug-likeness (QED) is 0.387. The van der Waals surface area contributed by atoms with E-state index < -0.39 is 28.3 Å². The van der Waals surface area contributed by atoms with Gasteiger partial charge in [0.05, 0.1) is 4.92 Å². The van der Waals surface area contributed by atoms with Gasteiger partial charge in [0.25, 0.3) is 11.8 Å². The first-order valence-electron chi connectivity index (χ1n) is 6.27. The van der Waals surface area contributed by atoms with Crippen molar-refractivity contribution in [3.8, 4) is 0 Å². The molecule has 9 heteroatoms. The van der Waals surface area contributed by atoms with Gasteiger partial charge in [0.2, 0.25) is 0 Å². The van der Waals surface area contributed by atoms with Crippen molar-refractivity contribution in [2.75, 3.05) is 0 Å². The van der Waals surface area contributed by atoms with Crippen LogP contribution in [0.25, 0.3) is 6.08 Å². The molecule has 22 heavy (non-hydrogen) atoms. The predicted molar refractivity (Wildman–Crippen MR) is 79.1 cm³/mol. The van der Waals surface area contributed by atoms with Gasteiger partial charge >= 0.3 is 11.0 Å². The summed E-state index contributed by atoms with van der Waals surface area (Å²) in [6.07, 6.45) is 1.25. The summed E-state index contributed by atoms with van der Waals surface area (Å²) in [5, 5.41) is 12.7. The van der Waals surface area contributed by atoms with Crippen LogP contribution in [0.4, 0.5) is 9.80 Å². The molecule has 1 N–H and O–H groups in total. The molecule has 0 spiro atoms. The van der Waals surface area contributed by atoms with E-state index in [2.05, 4.69) is 5.32 Å². The average molecular weight is 323 g/mol. The SMILES string of the molecule is CC(C)(C)N1C(=O)NC(=O)/C(=C\c2ccc([N+](=O)[O-])s2)C1=O. The number of carbonyl (C=O) groups excluding carboxylic acids is 3. The number of urea groups is 1. The highest BCUT2D eigenvalue weighted by molar-refractivity contribution is 7.16. The highest BCUT2D eigenvalue weighted by atomic mass is 32.1. The molecule has 1 aliphatic rings. The van der Waals surface area contributed by atoms with E-state index in [9.17, 15) is 24.5 Å². The number of nitrogens with zero attached hydrogens (tertiary/aromatic N) is 2. The van der Waals surface area contributed by atoms with Crippen molar-refractivity contribution in [3.63, 3.8) is 0 Å². The number of rotatable bonds is 2. The van der Waals surface area contributed by atoms with E-state index in [-0.39, 0.29) is 10.6 Å². The van der Waals surface area contributed by atoms with E-state index in [1.54, 1.807) is 20.8 Å². The second-order valence-corrected chi connectivity index (χ2v) is 6.66. The Kier molecular flexibility index (Phi) is 3.84. The van der Waals surface area contributed by atoms with E-state index in [1.165, 1.54) is 18.2 Å².